The van der Waals surface area contributed by atoms with Crippen LogP contribution in [-0.2, 0) is 9.53 Å². The fraction of sp³-hybridized carbons (Fsp3) is 0.971. The number of carbonyl (C=O) groups is 1. The van der Waals surface area contributed by atoms with Gasteiger partial charge in [-0.25, -0.2) is 0 Å². The number of hydrogen-bond acceptors (Lipinski definition) is 2. The second-order valence-corrected chi connectivity index (χ2v) is 12.1. The standard InChI is InChI=1S/C35H70O2/c1-4-6-8-10-12-14-16-18-19-21-23-25-27-29-33-37-35(36)32-31-34(3)30-28-26-24-22-20-17-15-13-11-9-7-5-2/h34H,4-33H2,1-3H3. The van der Waals surface area contributed by atoms with E-state index in [0.29, 0.717) is 18.9 Å². The van der Waals surface area contributed by atoms with E-state index in [-0.39, 0.29) is 5.97 Å². The Balaban J connectivity index is 3.27. The number of unbranched alkanes of at least 4 members (excludes halogenated alkanes) is 24. The number of hydrogen-bond donors (Lipinski definition) is 0. The van der Waals surface area contributed by atoms with E-state index in [4.69, 9.17) is 4.74 Å². The second-order valence-electron chi connectivity index (χ2n) is 12.1. The molecule has 0 aromatic rings. The first-order chi connectivity index (χ1) is 18.2. The van der Waals surface area contributed by atoms with Gasteiger partial charge >= 0.3 is 5.97 Å². The summed E-state index contributed by atoms with van der Waals surface area (Å²) in [6, 6.07) is 0. The Labute approximate surface area is 234 Å². The maximum absolute atomic E-state index is 12.0. The zero-order valence-corrected chi connectivity index (χ0v) is 26.1. The van der Waals surface area contributed by atoms with Crippen molar-refractivity contribution in [3.05, 3.63) is 0 Å². The Kier molecular flexibility index (Phi) is 31.2. The number of rotatable bonds is 31. The minimum absolute atomic E-state index is 0.0243. The van der Waals surface area contributed by atoms with Crippen LogP contribution in [0.2, 0.25) is 0 Å². The highest BCUT2D eigenvalue weighted by molar-refractivity contribution is 5.69. The molecule has 0 aliphatic carbocycles. The second kappa shape index (κ2) is 31.7. The Morgan fingerprint density at radius 1 is 0.459 bits per heavy atom. The van der Waals surface area contributed by atoms with Crippen LogP contribution in [0.4, 0.5) is 0 Å². The molecule has 1 unspecified atom stereocenters. The van der Waals surface area contributed by atoms with E-state index in [1.165, 1.54) is 167 Å². The van der Waals surface area contributed by atoms with Gasteiger partial charge in [-0.2, -0.15) is 0 Å². The molecule has 0 aromatic heterocycles. The zero-order valence-electron chi connectivity index (χ0n) is 26.1. The summed E-state index contributed by atoms with van der Waals surface area (Å²) >= 11 is 0. The predicted molar refractivity (Wildman–Crippen MR) is 165 cm³/mol. The number of esters is 1. The molecule has 0 aliphatic rings. The Bertz CT molecular complexity index is 433. The Morgan fingerprint density at radius 2 is 0.784 bits per heavy atom. The van der Waals surface area contributed by atoms with E-state index in [1.54, 1.807) is 0 Å². The molecule has 0 heterocycles. The summed E-state index contributed by atoms with van der Waals surface area (Å²) in [6.07, 6.45) is 38.8. The summed E-state index contributed by atoms with van der Waals surface area (Å²) < 4.78 is 5.48. The van der Waals surface area contributed by atoms with Gasteiger partial charge in [0.1, 0.15) is 0 Å². The fourth-order valence-electron chi connectivity index (χ4n) is 5.40. The molecule has 222 valence electrons. The van der Waals surface area contributed by atoms with E-state index in [9.17, 15) is 4.79 Å². The van der Waals surface area contributed by atoms with Crippen molar-refractivity contribution in [1.29, 1.82) is 0 Å². The lowest BCUT2D eigenvalue weighted by atomic mass is 9.97. The number of carbonyl (C=O) groups excluding carboxylic acids is 1. The summed E-state index contributed by atoms with van der Waals surface area (Å²) in [5.74, 6) is 0.674. The van der Waals surface area contributed by atoms with E-state index in [2.05, 4.69) is 20.8 Å². The summed E-state index contributed by atoms with van der Waals surface area (Å²) in [5, 5.41) is 0. The van der Waals surface area contributed by atoms with Crippen LogP contribution in [0.15, 0.2) is 0 Å². The van der Waals surface area contributed by atoms with Crippen LogP contribution in [0.1, 0.15) is 207 Å². The largest absolute Gasteiger partial charge is 0.466 e. The highest BCUT2D eigenvalue weighted by atomic mass is 16.5. The van der Waals surface area contributed by atoms with Crippen LogP contribution in [0, 0.1) is 5.92 Å². The molecule has 0 fully saturated rings. The lowest BCUT2D eigenvalue weighted by Gasteiger charge is -2.11. The van der Waals surface area contributed by atoms with Crippen molar-refractivity contribution in [1.82, 2.24) is 0 Å². The molecule has 0 radical (unpaired) electrons. The van der Waals surface area contributed by atoms with Crippen LogP contribution >= 0.6 is 0 Å². The van der Waals surface area contributed by atoms with E-state index >= 15 is 0 Å². The quantitative estimate of drug-likeness (QED) is 0.0668. The molecule has 2 heteroatoms. The molecular weight excluding hydrogens is 452 g/mol. The van der Waals surface area contributed by atoms with Crippen molar-refractivity contribution in [3.63, 3.8) is 0 Å². The van der Waals surface area contributed by atoms with Gasteiger partial charge in [-0.05, 0) is 18.8 Å². The monoisotopic (exact) mass is 523 g/mol. The molecule has 0 rings (SSSR count). The zero-order chi connectivity index (χ0) is 27.1. The maximum atomic E-state index is 12.0. The topological polar surface area (TPSA) is 26.3 Å². The molecule has 0 saturated heterocycles. The maximum Gasteiger partial charge on any atom is 0.305 e. The van der Waals surface area contributed by atoms with Crippen LogP contribution in [0.3, 0.4) is 0 Å². The van der Waals surface area contributed by atoms with Gasteiger partial charge in [-0.1, -0.05) is 188 Å². The SMILES string of the molecule is CCCCCCCCCCCCCCCCOC(=O)CCC(C)CCCCCCCCCCCCCC. The molecule has 2 nitrogen and oxygen atoms in total. The van der Waals surface area contributed by atoms with Gasteiger partial charge in [-0.15, -0.1) is 0 Å². The first kappa shape index (κ1) is 36.5. The minimum atomic E-state index is 0.0243. The van der Waals surface area contributed by atoms with E-state index in [1.807, 2.05) is 0 Å². The van der Waals surface area contributed by atoms with Crippen molar-refractivity contribution in [2.24, 2.45) is 5.92 Å². The van der Waals surface area contributed by atoms with Gasteiger partial charge in [0.25, 0.3) is 0 Å². The van der Waals surface area contributed by atoms with Crippen LogP contribution in [0.25, 0.3) is 0 Å². The molecule has 0 bridgehead atoms. The smallest absolute Gasteiger partial charge is 0.305 e. The van der Waals surface area contributed by atoms with Crippen LogP contribution < -0.4 is 0 Å². The van der Waals surface area contributed by atoms with Gasteiger partial charge in [-0.3, -0.25) is 4.79 Å². The van der Waals surface area contributed by atoms with Crippen LogP contribution in [0.5, 0.6) is 0 Å². The first-order valence-electron chi connectivity index (χ1n) is 17.4. The highest BCUT2D eigenvalue weighted by Crippen LogP contribution is 2.18. The summed E-state index contributed by atoms with van der Waals surface area (Å²) in [5.41, 5.74) is 0. The van der Waals surface area contributed by atoms with Crippen molar-refractivity contribution in [2.45, 2.75) is 207 Å². The fourth-order valence-corrected chi connectivity index (χ4v) is 5.40. The molecule has 0 aliphatic heterocycles. The Morgan fingerprint density at radius 3 is 1.16 bits per heavy atom. The lowest BCUT2D eigenvalue weighted by molar-refractivity contribution is -0.144. The number of ether oxygens (including phenoxy) is 1. The average molecular weight is 523 g/mol. The summed E-state index contributed by atoms with van der Waals surface area (Å²) in [4.78, 5) is 12.0. The van der Waals surface area contributed by atoms with Crippen LogP contribution in [-0.4, -0.2) is 12.6 Å². The highest BCUT2D eigenvalue weighted by Gasteiger charge is 2.08. The summed E-state index contributed by atoms with van der Waals surface area (Å²) in [7, 11) is 0. The van der Waals surface area contributed by atoms with Gasteiger partial charge in [0.05, 0.1) is 6.61 Å². The average Bonchev–Trinajstić information content (AvgIpc) is 2.90. The third-order valence-corrected chi connectivity index (χ3v) is 8.15. The van der Waals surface area contributed by atoms with Crippen molar-refractivity contribution >= 4 is 5.97 Å². The third kappa shape index (κ3) is 31.6. The van der Waals surface area contributed by atoms with Crippen molar-refractivity contribution in [3.8, 4) is 0 Å². The van der Waals surface area contributed by atoms with Gasteiger partial charge < -0.3 is 4.74 Å². The molecule has 0 aromatic carbocycles. The molecular formula is C35H70O2. The normalized spacial score (nSPS) is 12.2. The summed E-state index contributed by atoms with van der Waals surface area (Å²) in [6.45, 7) is 7.51. The molecule has 0 N–H and O–H groups in total. The Hall–Kier alpha value is -0.530. The van der Waals surface area contributed by atoms with E-state index < -0.39 is 0 Å². The van der Waals surface area contributed by atoms with Crippen molar-refractivity contribution in [2.75, 3.05) is 6.61 Å². The van der Waals surface area contributed by atoms with Crippen molar-refractivity contribution < 1.29 is 9.53 Å². The van der Waals surface area contributed by atoms with E-state index in [0.717, 1.165) is 12.8 Å². The first-order valence-corrected chi connectivity index (χ1v) is 17.4. The minimum Gasteiger partial charge on any atom is -0.466 e. The van der Waals surface area contributed by atoms with Gasteiger partial charge in [0.2, 0.25) is 0 Å². The molecule has 0 amide bonds. The van der Waals surface area contributed by atoms with Gasteiger partial charge in [0.15, 0.2) is 0 Å². The third-order valence-electron chi connectivity index (χ3n) is 8.15. The molecule has 1 atom stereocenters. The van der Waals surface area contributed by atoms with Gasteiger partial charge in [0, 0.05) is 6.42 Å². The molecule has 37 heavy (non-hydrogen) atoms. The predicted octanol–water partition coefficient (Wildman–Crippen LogP) is 12.5. The molecule has 0 spiro atoms. The molecule has 0 saturated carbocycles. The lowest BCUT2D eigenvalue weighted by Crippen LogP contribution is -2.08.